The van der Waals surface area contributed by atoms with Gasteiger partial charge in [0.05, 0.1) is 38.1 Å². The number of rotatable bonds is 35. The number of unbranched alkanes of at least 4 members (excludes halogenated alkanes) is 23. The number of nitrogens with one attached hydrogen (secondary N) is 1. The SMILES string of the molecule is CCCCCCCCCCCCCCCCCCCCCCCCCCN[C@@H](COC[C@H](O)[C@@H](O)CO)[C@H](O)[C@H](O)CC. The van der Waals surface area contributed by atoms with Gasteiger partial charge in [0.25, 0.3) is 0 Å². The Morgan fingerprint density at radius 2 is 0.837 bits per heavy atom. The second-order valence-electron chi connectivity index (χ2n) is 13.0. The van der Waals surface area contributed by atoms with Gasteiger partial charge < -0.3 is 35.6 Å². The van der Waals surface area contributed by atoms with Crippen LogP contribution in [0.15, 0.2) is 0 Å². The number of aliphatic hydroxyl groups excluding tert-OH is 5. The van der Waals surface area contributed by atoms with E-state index < -0.39 is 37.1 Å². The molecular formula is C36H75NO6. The van der Waals surface area contributed by atoms with E-state index >= 15 is 0 Å². The third kappa shape index (κ3) is 27.7. The van der Waals surface area contributed by atoms with Crippen molar-refractivity contribution < 1.29 is 30.3 Å². The zero-order valence-corrected chi connectivity index (χ0v) is 28.5. The summed E-state index contributed by atoms with van der Waals surface area (Å²) in [7, 11) is 0. The number of hydrogen-bond acceptors (Lipinski definition) is 7. The highest BCUT2D eigenvalue weighted by molar-refractivity contribution is 4.81. The van der Waals surface area contributed by atoms with Gasteiger partial charge in [-0.05, 0) is 19.4 Å². The molecule has 0 bridgehead atoms. The Morgan fingerprint density at radius 3 is 1.19 bits per heavy atom. The van der Waals surface area contributed by atoms with Crippen LogP contribution >= 0.6 is 0 Å². The first kappa shape index (κ1) is 42.7. The van der Waals surface area contributed by atoms with Gasteiger partial charge in [0.1, 0.15) is 12.2 Å². The van der Waals surface area contributed by atoms with Crippen molar-refractivity contribution in [2.75, 3.05) is 26.4 Å². The van der Waals surface area contributed by atoms with E-state index in [1.54, 1.807) is 0 Å². The maximum atomic E-state index is 10.4. The van der Waals surface area contributed by atoms with Crippen LogP contribution in [-0.2, 0) is 4.74 Å². The highest BCUT2D eigenvalue weighted by Gasteiger charge is 2.26. The molecule has 0 saturated carbocycles. The molecule has 0 heterocycles. The quantitative estimate of drug-likeness (QED) is 0.0416. The van der Waals surface area contributed by atoms with Gasteiger partial charge in [-0.25, -0.2) is 0 Å². The van der Waals surface area contributed by atoms with Crippen LogP contribution in [0.5, 0.6) is 0 Å². The second kappa shape index (κ2) is 33.1. The lowest BCUT2D eigenvalue weighted by atomic mass is 10.0. The molecule has 0 aromatic carbocycles. The summed E-state index contributed by atoms with van der Waals surface area (Å²) in [6, 6.07) is -0.460. The van der Waals surface area contributed by atoms with Gasteiger partial charge in [-0.3, -0.25) is 0 Å². The summed E-state index contributed by atoms with van der Waals surface area (Å²) in [6.07, 6.45) is 29.1. The third-order valence-electron chi connectivity index (χ3n) is 8.88. The minimum absolute atomic E-state index is 0.104. The van der Waals surface area contributed by atoms with Crippen molar-refractivity contribution in [3.8, 4) is 0 Å². The Hall–Kier alpha value is -0.280. The fourth-order valence-corrected chi connectivity index (χ4v) is 5.71. The lowest BCUT2D eigenvalue weighted by molar-refractivity contribution is -0.0731. The zero-order valence-electron chi connectivity index (χ0n) is 28.5. The molecule has 0 aliphatic rings. The number of aliphatic hydroxyl groups is 5. The normalized spacial score (nSPS) is 15.4. The van der Waals surface area contributed by atoms with E-state index in [1.165, 1.54) is 141 Å². The fourth-order valence-electron chi connectivity index (χ4n) is 5.71. The molecule has 7 heteroatoms. The Morgan fingerprint density at radius 1 is 0.465 bits per heavy atom. The summed E-state index contributed by atoms with van der Waals surface area (Å²) >= 11 is 0. The Bertz CT molecular complexity index is 540. The molecule has 43 heavy (non-hydrogen) atoms. The highest BCUT2D eigenvalue weighted by atomic mass is 16.5. The van der Waals surface area contributed by atoms with Gasteiger partial charge >= 0.3 is 0 Å². The van der Waals surface area contributed by atoms with Crippen molar-refractivity contribution >= 4 is 0 Å². The fraction of sp³-hybridized carbons (Fsp3) is 1.00. The summed E-state index contributed by atoms with van der Waals surface area (Å²) in [6.45, 7) is 4.25. The zero-order chi connectivity index (χ0) is 31.8. The van der Waals surface area contributed by atoms with Gasteiger partial charge in [0.2, 0.25) is 0 Å². The van der Waals surface area contributed by atoms with Gasteiger partial charge in [-0.1, -0.05) is 162 Å². The van der Waals surface area contributed by atoms with E-state index in [0.29, 0.717) is 6.42 Å². The molecule has 0 aromatic rings. The lowest BCUT2D eigenvalue weighted by Crippen LogP contribution is -2.49. The van der Waals surface area contributed by atoms with Gasteiger partial charge in [-0.2, -0.15) is 0 Å². The molecule has 260 valence electrons. The Balaban J connectivity index is 3.54. The standard InChI is InChI=1S/C36H75NO6/c1-3-5-6-7-8-9-10-11-12-13-14-15-16-17-18-19-20-21-22-23-24-25-26-27-28-37-32(36(42)33(39)4-2)30-43-31-35(41)34(40)29-38/h32-42H,3-31H2,1-2H3/t32-,33+,34-,35-,36-/m0/s1. The lowest BCUT2D eigenvalue weighted by Gasteiger charge is -2.28. The van der Waals surface area contributed by atoms with Crippen LogP contribution in [0.1, 0.15) is 174 Å². The third-order valence-corrected chi connectivity index (χ3v) is 8.88. The Kier molecular flexibility index (Phi) is 32.9. The molecule has 6 N–H and O–H groups in total. The summed E-state index contributed by atoms with van der Waals surface area (Å²) in [4.78, 5) is 0. The number of hydrogen-bond donors (Lipinski definition) is 6. The van der Waals surface area contributed by atoms with Gasteiger partial charge in [-0.15, -0.1) is 0 Å². The molecule has 0 radical (unpaired) electrons. The van der Waals surface area contributed by atoms with Gasteiger partial charge in [0.15, 0.2) is 0 Å². The van der Waals surface area contributed by atoms with Crippen LogP contribution < -0.4 is 5.32 Å². The molecular weight excluding hydrogens is 542 g/mol. The van der Waals surface area contributed by atoms with Crippen molar-refractivity contribution in [1.29, 1.82) is 0 Å². The predicted molar refractivity (Wildman–Crippen MR) is 180 cm³/mol. The second-order valence-corrected chi connectivity index (χ2v) is 13.0. The molecule has 0 rings (SSSR count). The topological polar surface area (TPSA) is 122 Å². The highest BCUT2D eigenvalue weighted by Crippen LogP contribution is 2.16. The molecule has 0 fully saturated rings. The van der Waals surface area contributed by atoms with Crippen molar-refractivity contribution in [2.24, 2.45) is 0 Å². The first-order valence-electron chi connectivity index (χ1n) is 18.6. The van der Waals surface area contributed by atoms with E-state index in [9.17, 15) is 20.4 Å². The monoisotopic (exact) mass is 618 g/mol. The van der Waals surface area contributed by atoms with E-state index in [4.69, 9.17) is 9.84 Å². The van der Waals surface area contributed by atoms with E-state index in [-0.39, 0.29) is 13.2 Å². The molecule has 0 saturated heterocycles. The molecule has 0 spiro atoms. The molecule has 0 unspecified atom stereocenters. The van der Waals surface area contributed by atoms with E-state index in [1.807, 2.05) is 6.92 Å². The first-order chi connectivity index (χ1) is 21.0. The minimum Gasteiger partial charge on any atom is -0.394 e. The molecule has 5 atom stereocenters. The van der Waals surface area contributed by atoms with Crippen molar-refractivity contribution in [2.45, 2.75) is 205 Å². The maximum absolute atomic E-state index is 10.4. The molecule has 0 aliphatic heterocycles. The predicted octanol–water partition coefficient (Wildman–Crippen LogP) is 7.19. The summed E-state index contributed by atoms with van der Waals surface area (Å²) < 4.78 is 5.45. The maximum Gasteiger partial charge on any atom is 0.105 e. The van der Waals surface area contributed by atoms with Crippen LogP contribution in [0.2, 0.25) is 0 Å². The first-order valence-corrected chi connectivity index (χ1v) is 18.6. The van der Waals surface area contributed by atoms with E-state index in [0.717, 1.165) is 19.4 Å². The van der Waals surface area contributed by atoms with Gasteiger partial charge in [0, 0.05) is 0 Å². The smallest absolute Gasteiger partial charge is 0.105 e. The van der Waals surface area contributed by atoms with Crippen LogP contribution in [0.25, 0.3) is 0 Å². The van der Waals surface area contributed by atoms with Crippen LogP contribution in [-0.4, -0.2) is 82.4 Å². The van der Waals surface area contributed by atoms with Crippen molar-refractivity contribution in [3.05, 3.63) is 0 Å². The van der Waals surface area contributed by atoms with Crippen molar-refractivity contribution in [3.63, 3.8) is 0 Å². The van der Waals surface area contributed by atoms with Crippen LogP contribution in [0.4, 0.5) is 0 Å². The molecule has 0 aliphatic carbocycles. The van der Waals surface area contributed by atoms with Crippen molar-refractivity contribution in [1.82, 2.24) is 5.32 Å². The number of ether oxygens (including phenoxy) is 1. The molecule has 7 nitrogen and oxygen atoms in total. The Labute approximate surface area is 266 Å². The minimum atomic E-state index is -1.25. The van der Waals surface area contributed by atoms with Crippen LogP contribution in [0.3, 0.4) is 0 Å². The average Bonchev–Trinajstić information content (AvgIpc) is 3.02. The van der Waals surface area contributed by atoms with Crippen LogP contribution in [0, 0.1) is 0 Å². The molecule has 0 aromatic heterocycles. The summed E-state index contributed by atoms with van der Waals surface area (Å²) in [5.41, 5.74) is 0. The molecule has 0 amide bonds. The average molecular weight is 618 g/mol. The summed E-state index contributed by atoms with van der Waals surface area (Å²) in [5.74, 6) is 0. The summed E-state index contributed by atoms with van der Waals surface area (Å²) in [5, 5.41) is 51.9. The largest absolute Gasteiger partial charge is 0.394 e. The van der Waals surface area contributed by atoms with E-state index in [2.05, 4.69) is 12.2 Å².